The van der Waals surface area contributed by atoms with Gasteiger partial charge in [0.25, 0.3) is 6.33 Å². The van der Waals surface area contributed by atoms with E-state index in [1.807, 2.05) is 0 Å². The van der Waals surface area contributed by atoms with E-state index >= 15 is 0 Å². The monoisotopic (exact) mass is 127 g/mol. The third kappa shape index (κ3) is 1.25. The number of hydrogen-bond donors (Lipinski definition) is 1. The molecule has 1 heterocycles. The number of H-pyrrole nitrogens is 1. The predicted molar refractivity (Wildman–Crippen MR) is 31.6 cm³/mol. The Kier molecular flexibility index (Phi) is 1.23. The molecule has 0 fully saturated rings. The van der Waals surface area contributed by atoms with Gasteiger partial charge in [-0.25, -0.2) is 0 Å². The molecule has 1 aromatic heterocycles. The lowest BCUT2D eigenvalue weighted by atomic mass is 10.1. The van der Waals surface area contributed by atoms with Gasteiger partial charge in [-0.1, -0.05) is 4.80 Å². The van der Waals surface area contributed by atoms with Crippen molar-refractivity contribution in [3.8, 4) is 0 Å². The first-order chi connectivity index (χ1) is 4.11. The van der Waals surface area contributed by atoms with Gasteiger partial charge in [0.15, 0.2) is 0 Å². The van der Waals surface area contributed by atoms with Crippen LogP contribution in [0.15, 0.2) is 6.33 Å². The van der Waals surface area contributed by atoms with Gasteiger partial charge in [0.05, 0.1) is 5.10 Å². The molecule has 0 bridgehead atoms. The molecule has 9 heavy (non-hydrogen) atoms. The smallest absolute Gasteiger partial charge is 0.0571 e. The highest BCUT2D eigenvalue weighted by molar-refractivity contribution is 4.43. The summed E-state index contributed by atoms with van der Waals surface area (Å²) in [4.78, 5) is 1.70. The zero-order valence-corrected chi connectivity index (χ0v) is 5.92. The Balaban J connectivity index is 2.90. The first-order valence-corrected chi connectivity index (χ1v) is 2.89. The summed E-state index contributed by atoms with van der Waals surface area (Å²) < 4.78 is 0. The molecule has 0 aromatic carbocycles. The van der Waals surface area contributed by atoms with Crippen LogP contribution in [-0.2, 0) is 5.54 Å². The Morgan fingerprint density at radius 2 is 2.11 bits per heavy atom. The Labute approximate surface area is 53.9 Å². The van der Waals surface area contributed by atoms with Gasteiger partial charge in [-0.15, -0.1) is 0 Å². The maximum Gasteiger partial charge on any atom is 0.296 e. The second-order valence-electron chi connectivity index (χ2n) is 2.94. The zero-order chi connectivity index (χ0) is 6.91. The number of hydrogen-bond acceptors (Lipinski definition) is 2. The largest absolute Gasteiger partial charge is 0.296 e. The van der Waals surface area contributed by atoms with Gasteiger partial charge in [-0.3, -0.25) is 0 Å². The van der Waals surface area contributed by atoms with Crippen LogP contribution in [0.4, 0.5) is 0 Å². The predicted octanol–water partition coefficient (Wildman–Crippen LogP) is -0.153. The molecule has 0 radical (unpaired) electrons. The maximum absolute atomic E-state index is 3.94. The molecule has 4 nitrogen and oxygen atoms in total. The summed E-state index contributed by atoms with van der Waals surface area (Å²) in [5.41, 5.74) is 0.0104. The van der Waals surface area contributed by atoms with E-state index < -0.39 is 0 Å². The van der Waals surface area contributed by atoms with E-state index in [2.05, 4.69) is 36.2 Å². The maximum atomic E-state index is 3.94. The van der Waals surface area contributed by atoms with Crippen molar-refractivity contribution in [1.29, 1.82) is 0 Å². The Morgan fingerprint density at radius 3 is 2.33 bits per heavy atom. The van der Waals surface area contributed by atoms with E-state index in [0.717, 1.165) is 0 Å². The third-order valence-corrected chi connectivity index (χ3v) is 1.01. The number of tetrazole rings is 1. The zero-order valence-electron chi connectivity index (χ0n) is 5.92. The second kappa shape index (κ2) is 1.79. The Morgan fingerprint density at radius 1 is 1.44 bits per heavy atom. The SMILES string of the molecule is CC(C)(C)[n+]1ncn[nH]1. The lowest BCUT2D eigenvalue weighted by Crippen LogP contribution is -2.54. The lowest BCUT2D eigenvalue weighted by Gasteiger charge is -2.08. The van der Waals surface area contributed by atoms with Crippen LogP contribution >= 0.6 is 0 Å². The molecule has 1 N–H and O–H groups in total. The summed E-state index contributed by atoms with van der Waals surface area (Å²) in [5, 5.41) is 10.4. The van der Waals surface area contributed by atoms with Crippen molar-refractivity contribution in [1.82, 2.24) is 15.4 Å². The van der Waals surface area contributed by atoms with Crippen molar-refractivity contribution < 1.29 is 4.80 Å². The quantitative estimate of drug-likeness (QED) is 0.492. The van der Waals surface area contributed by atoms with E-state index in [9.17, 15) is 0 Å². The minimum atomic E-state index is 0.0104. The van der Waals surface area contributed by atoms with Gasteiger partial charge in [0.1, 0.15) is 5.54 Å². The van der Waals surface area contributed by atoms with Crippen LogP contribution in [0.1, 0.15) is 20.8 Å². The standard InChI is InChI=1S/C5H10N4/c1-5(2,3)9-7-4-6-8-9/h4H,1-3H3/p+1. The molecule has 0 spiro atoms. The molecule has 4 heteroatoms. The van der Waals surface area contributed by atoms with Crippen molar-refractivity contribution in [2.45, 2.75) is 26.3 Å². The van der Waals surface area contributed by atoms with Gasteiger partial charge >= 0.3 is 0 Å². The van der Waals surface area contributed by atoms with Gasteiger partial charge in [-0.05, 0) is 31.1 Å². The normalized spacial score (nSPS) is 11.9. The van der Waals surface area contributed by atoms with Crippen molar-refractivity contribution in [3.63, 3.8) is 0 Å². The van der Waals surface area contributed by atoms with Crippen LogP contribution in [0.5, 0.6) is 0 Å². The van der Waals surface area contributed by atoms with Crippen molar-refractivity contribution in [2.24, 2.45) is 0 Å². The summed E-state index contributed by atoms with van der Waals surface area (Å²) in [6.07, 6.45) is 1.49. The molecule has 0 unspecified atom stereocenters. The van der Waals surface area contributed by atoms with Crippen LogP contribution in [-0.4, -0.2) is 15.4 Å². The minimum Gasteiger partial charge on any atom is -0.0571 e. The minimum absolute atomic E-state index is 0.0104. The molecule has 0 atom stereocenters. The average molecular weight is 127 g/mol. The first kappa shape index (κ1) is 6.19. The first-order valence-electron chi connectivity index (χ1n) is 2.89. The van der Waals surface area contributed by atoms with Crippen LogP contribution < -0.4 is 4.80 Å². The van der Waals surface area contributed by atoms with E-state index in [0.29, 0.717) is 0 Å². The topological polar surface area (TPSA) is 45.5 Å². The van der Waals surface area contributed by atoms with E-state index in [4.69, 9.17) is 0 Å². The highest BCUT2D eigenvalue weighted by Crippen LogP contribution is 1.98. The van der Waals surface area contributed by atoms with Crippen LogP contribution in [0.2, 0.25) is 0 Å². The number of nitrogens with zero attached hydrogens (tertiary/aromatic N) is 3. The van der Waals surface area contributed by atoms with Crippen LogP contribution in [0.25, 0.3) is 0 Å². The van der Waals surface area contributed by atoms with Crippen LogP contribution in [0, 0.1) is 0 Å². The summed E-state index contributed by atoms with van der Waals surface area (Å²) in [6.45, 7) is 6.16. The summed E-state index contributed by atoms with van der Waals surface area (Å²) in [5.74, 6) is 0. The molecule has 50 valence electrons. The van der Waals surface area contributed by atoms with E-state index in [1.54, 1.807) is 4.80 Å². The molecule has 1 aromatic rings. The van der Waals surface area contributed by atoms with Crippen LogP contribution in [0.3, 0.4) is 0 Å². The number of aromatic amines is 1. The van der Waals surface area contributed by atoms with E-state index in [1.165, 1.54) is 6.33 Å². The van der Waals surface area contributed by atoms with Gasteiger partial charge < -0.3 is 0 Å². The summed E-state index contributed by atoms with van der Waals surface area (Å²) >= 11 is 0. The summed E-state index contributed by atoms with van der Waals surface area (Å²) in [6, 6.07) is 0. The van der Waals surface area contributed by atoms with Gasteiger partial charge in [0, 0.05) is 0 Å². The average Bonchev–Trinajstić information content (AvgIpc) is 2.08. The van der Waals surface area contributed by atoms with Crippen molar-refractivity contribution >= 4 is 0 Å². The molecule has 0 aliphatic carbocycles. The number of aromatic nitrogens is 4. The molecule has 0 amide bonds. The van der Waals surface area contributed by atoms with Gasteiger partial charge in [-0.2, -0.15) is 0 Å². The number of rotatable bonds is 0. The highest BCUT2D eigenvalue weighted by atomic mass is 15.6. The molecule has 1 rings (SSSR count). The molecule has 0 aliphatic heterocycles. The fourth-order valence-corrected chi connectivity index (χ4v) is 0.507. The molecule has 0 saturated carbocycles. The van der Waals surface area contributed by atoms with Gasteiger partial charge in [0.2, 0.25) is 0 Å². The fraction of sp³-hybridized carbons (Fsp3) is 0.800. The molecular weight excluding hydrogens is 116 g/mol. The Hall–Kier alpha value is -0.930. The molecule has 0 aliphatic rings. The molecule has 0 saturated heterocycles. The van der Waals surface area contributed by atoms with Crippen molar-refractivity contribution in [3.05, 3.63) is 6.33 Å². The lowest BCUT2D eigenvalue weighted by molar-refractivity contribution is -0.853. The Bertz CT molecular complexity index is 171. The number of nitrogens with one attached hydrogen (secondary N) is 1. The van der Waals surface area contributed by atoms with E-state index in [-0.39, 0.29) is 5.54 Å². The van der Waals surface area contributed by atoms with Crippen molar-refractivity contribution in [2.75, 3.05) is 0 Å². The second-order valence-corrected chi connectivity index (χ2v) is 2.94. The fourth-order valence-electron chi connectivity index (χ4n) is 0.507. The highest BCUT2D eigenvalue weighted by Gasteiger charge is 2.20. The molecular formula is C5H11N4+. The third-order valence-electron chi connectivity index (χ3n) is 1.01. The summed E-state index contributed by atoms with van der Waals surface area (Å²) in [7, 11) is 0.